The van der Waals surface area contributed by atoms with Crippen LogP contribution in [0.1, 0.15) is 71.6 Å². The van der Waals surface area contributed by atoms with Gasteiger partial charge in [-0.2, -0.15) is 0 Å². The number of rotatable bonds is 3. The molecular formula is C40H44N2O. The van der Waals surface area contributed by atoms with Gasteiger partial charge in [0.1, 0.15) is 6.29 Å². The predicted octanol–water partition coefficient (Wildman–Crippen LogP) is 8.19. The third-order valence-electron chi connectivity index (χ3n) is 7.08. The summed E-state index contributed by atoms with van der Waals surface area (Å²) in [5.41, 5.74) is 4.07. The molecule has 0 bridgehead atoms. The molecule has 6 rings (SSSR count). The van der Waals surface area contributed by atoms with E-state index in [0.717, 1.165) is 36.1 Å². The van der Waals surface area contributed by atoms with Gasteiger partial charge in [0, 0.05) is 16.7 Å². The van der Waals surface area contributed by atoms with E-state index in [1.807, 2.05) is 66.7 Å². The van der Waals surface area contributed by atoms with Gasteiger partial charge in [-0.3, -0.25) is 9.69 Å². The first kappa shape index (κ1) is 33.1. The Labute approximate surface area is 259 Å². The molecule has 2 heterocycles. The quantitative estimate of drug-likeness (QED) is 0.200. The van der Waals surface area contributed by atoms with Crippen LogP contribution in [0.5, 0.6) is 0 Å². The van der Waals surface area contributed by atoms with E-state index in [1.54, 1.807) is 12.1 Å². The minimum atomic E-state index is 0.215. The zero-order valence-electron chi connectivity index (χ0n) is 25.2. The van der Waals surface area contributed by atoms with E-state index < -0.39 is 0 Å². The number of piperidine rings is 2. The molecule has 1 N–H and O–H groups in total. The summed E-state index contributed by atoms with van der Waals surface area (Å²) in [7, 11) is 0. The fourth-order valence-corrected chi connectivity index (χ4v) is 4.74. The average molecular weight is 569 g/mol. The van der Waals surface area contributed by atoms with Crippen molar-refractivity contribution < 1.29 is 4.79 Å². The van der Waals surface area contributed by atoms with Gasteiger partial charge in [0.2, 0.25) is 0 Å². The summed E-state index contributed by atoms with van der Waals surface area (Å²) in [5, 5.41) is 3.28. The fraction of sp³-hybridized carbons (Fsp3) is 0.275. The van der Waals surface area contributed by atoms with Gasteiger partial charge in [-0.1, -0.05) is 128 Å². The lowest BCUT2D eigenvalue weighted by molar-refractivity contribution is 0.112. The Hall–Kier alpha value is -4.41. The van der Waals surface area contributed by atoms with Crippen LogP contribution in [0.15, 0.2) is 121 Å². The average Bonchev–Trinajstić information content (AvgIpc) is 3.12. The number of hydrogen-bond acceptors (Lipinski definition) is 3. The van der Waals surface area contributed by atoms with E-state index in [1.165, 1.54) is 57.2 Å². The normalized spacial score (nSPS) is 14.6. The first-order chi connectivity index (χ1) is 21.3. The van der Waals surface area contributed by atoms with E-state index in [2.05, 4.69) is 70.4 Å². The third-order valence-corrected chi connectivity index (χ3v) is 7.08. The Morgan fingerprint density at radius 2 is 1.12 bits per heavy atom. The van der Waals surface area contributed by atoms with Crippen LogP contribution in [0.2, 0.25) is 0 Å². The maximum absolute atomic E-state index is 10.0. The number of terminal acetylenes is 1. The van der Waals surface area contributed by atoms with Crippen LogP contribution in [-0.2, 0) is 0 Å². The van der Waals surface area contributed by atoms with E-state index in [0.29, 0.717) is 0 Å². The van der Waals surface area contributed by atoms with E-state index in [9.17, 15) is 4.79 Å². The number of nitrogens with one attached hydrogen (secondary N) is 1. The van der Waals surface area contributed by atoms with Crippen LogP contribution >= 0.6 is 0 Å². The molecule has 1 unspecified atom stereocenters. The van der Waals surface area contributed by atoms with Gasteiger partial charge in [0.15, 0.2) is 0 Å². The summed E-state index contributed by atoms with van der Waals surface area (Å²) in [6.45, 7) is 4.81. The maximum Gasteiger partial charge on any atom is 0.150 e. The molecule has 0 radical (unpaired) electrons. The Morgan fingerprint density at radius 3 is 1.53 bits per heavy atom. The van der Waals surface area contributed by atoms with Gasteiger partial charge in [-0.15, -0.1) is 6.42 Å². The number of aldehydes is 1. The van der Waals surface area contributed by atoms with Gasteiger partial charge in [0.05, 0.1) is 6.04 Å². The number of carbonyl (C=O) groups excluding carboxylic acids is 1. The Kier molecular flexibility index (Phi) is 16.4. The van der Waals surface area contributed by atoms with Crippen LogP contribution in [0, 0.1) is 24.2 Å². The summed E-state index contributed by atoms with van der Waals surface area (Å²) in [6, 6.07) is 39.9. The van der Waals surface area contributed by atoms with E-state index in [4.69, 9.17) is 6.42 Å². The highest BCUT2D eigenvalue weighted by molar-refractivity contribution is 5.74. The zero-order chi connectivity index (χ0) is 30.2. The van der Waals surface area contributed by atoms with Crippen LogP contribution in [0.3, 0.4) is 0 Å². The number of hydrogen-bond donors (Lipinski definition) is 1. The van der Waals surface area contributed by atoms with Crippen molar-refractivity contribution in [2.45, 2.75) is 44.6 Å². The molecule has 0 aliphatic carbocycles. The number of likely N-dealkylation sites (tertiary alicyclic amines) is 1. The van der Waals surface area contributed by atoms with E-state index >= 15 is 0 Å². The predicted molar refractivity (Wildman–Crippen MR) is 181 cm³/mol. The highest BCUT2D eigenvalue weighted by Gasteiger charge is 2.20. The first-order valence-corrected chi connectivity index (χ1v) is 15.4. The Bertz CT molecular complexity index is 1350. The summed E-state index contributed by atoms with van der Waals surface area (Å²) in [4.78, 5) is 12.5. The second-order valence-electron chi connectivity index (χ2n) is 10.4. The molecule has 2 fully saturated rings. The monoisotopic (exact) mass is 568 g/mol. The standard InChI is InChI=1S/C20H21N.C8H6.C7H6O.C5H11N/c1-4-10-18(11-5-1)14-15-20(19-12-6-2-7-13-19)21-16-8-3-9-17-21;1-2-8-6-4-3-5-7-8;8-6-7-4-2-1-3-5-7;1-2-4-6-5-3-1/h1-2,4-7,10-13,20H,3,8-9,16-17H2;1,3-7H;1-6H;6H,1-5H2. The van der Waals surface area contributed by atoms with Crippen molar-refractivity contribution in [1.82, 2.24) is 10.2 Å². The van der Waals surface area contributed by atoms with Gasteiger partial charge >= 0.3 is 0 Å². The van der Waals surface area contributed by atoms with E-state index in [-0.39, 0.29) is 6.04 Å². The summed E-state index contributed by atoms with van der Waals surface area (Å²) in [6.07, 6.45) is 14.1. The second kappa shape index (κ2) is 21.3. The van der Waals surface area contributed by atoms with Crippen LogP contribution in [-0.4, -0.2) is 37.4 Å². The molecule has 0 aromatic heterocycles. The first-order valence-electron chi connectivity index (χ1n) is 15.4. The van der Waals surface area contributed by atoms with Crippen molar-refractivity contribution in [2.75, 3.05) is 26.2 Å². The summed E-state index contributed by atoms with van der Waals surface area (Å²) < 4.78 is 0. The van der Waals surface area contributed by atoms with Gasteiger partial charge < -0.3 is 5.32 Å². The highest BCUT2D eigenvalue weighted by atomic mass is 16.1. The van der Waals surface area contributed by atoms with Crippen LogP contribution in [0.25, 0.3) is 0 Å². The molecule has 1 atom stereocenters. The SMILES string of the molecule is C#Cc1ccccc1.C(#CC(c1ccccc1)N1CCCCC1)c1ccccc1.C1CCNCC1.O=Cc1ccccc1. The molecule has 2 saturated heterocycles. The number of benzene rings is 4. The Morgan fingerprint density at radius 1 is 0.628 bits per heavy atom. The molecule has 0 amide bonds. The molecule has 4 aromatic rings. The molecule has 2 aliphatic rings. The number of nitrogens with zero attached hydrogens (tertiary/aromatic N) is 1. The van der Waals surface area contributed by atoms with Crippen molar-refractivity contribution in [3.8, 4) is 24.2 Å². The molecule has 3 nitrogen and oxygen atoms in total. The zero-order valence-corrected chi connectivity index (χ0v) is 25.2. The van der Waals surface area contributed by atoms with Gasteiger partial charge in [-0.05, 0) is 81.7 Å². The minimum Gasteiger partial charge on any atom is -0.317 e. The maximum atomic E-state index is 10.0. The molecule has 0 saturated carbocycles. The van der Waals surface area contributed by atoms with Crippen molar-refractivity contribution in [2.24, 2.45) is 0 Å². The molecule has 2 aliphatic heterocycles. The fourth-order valence-electron chi connectivity index (χ4n) is 4.74. The molecule has 43 heavy (non-hydrogen) atoms. The molecular weight excluding hydrogens is 524 g/mol. The molecule has 4 aromatic carbocycles. The highest BCUT2D eigenvalue weighted by Crippen LogP contribution is 2.24. The van der Waals surface area contributed by atoms with Crippen molar-refractivity contribution in [1.29, 1.82) is 0 Å². The summed E-state index contributed by atoms with van der Waals surface area (Å²) in [5.74, 6) is 9.37. The van der Waals surface area contributed by atoms with Gasteiger partial charge in [0.25, 0.3) is 0 Å². The second-order valence-corrected chi connectivity index (χ2v) is 10.4. The van der Waals surface area contributed by atoms with Crippen molar-refractivity contribution >= 4 is 6.29 Å². The Balaban J connectivity index is 0.000000187. The van der Waals surface area contributed by atoms with Gasteiger partial charge in [-0.25, -0.2) is 0 Å². The molecule has 0 spiro atoms. The lowest BCUT2D eigenvalue weighted by atomic mass is 10.0. The minimum absolute atomic E-state index is 0.215. The number of carbonyl (C=O) groups is 1. The van der Waals surface area contributed by atoms with Crippen molar-refractivity contribution in [3.05, 3.63) is 144 Å². The smallest absolute Gasteiger partial charge is 0.150 e. The summed E-state index contributed by atoms with van der Waals surface area (Å²) >= 11 is 0. The lowest BCUT2D eigenvalue weighted by Gasteiger charge is -2.31. The third kappa shape index (κ3) is 13.9. The van der Waals surface area contributed by atoms with Crippen LogP contribution < -0.4 is 5.32 Å². The topological polar surface area (TPSA) is 32.3 Å². The molecule has 220 valence electrons. The lowest BCUT2D eigenvalue weighted by Crippen LogP contribution is -2.33. The molecule has 3 heteroatoms. The van der Waals surface area contributed by atoms with Crippen molar-refractivity contribution in [3.63, 3.8) is 0 Å². The largest absolute Gasteiger partial charge is 0.317 e. The van der Waals surface area contributed by atoms with Crippen LogP contribution in [0.4, 0.5) is 0 Å².